The number of nitrogens with one attached hydrogen (secondary N) is 1. The summed E-state index contributed by atoms with van der Waals surface area (Å²) in [5, 5.41) is 8.00. The van der Waals surface area contributed by atoms with Gasteiger partial charge in [-0.1, -0.05) is 0 Å². The molecule has 2 N–H and O–H groups in total. The first kappa shape index (κ1) is 7.21. The van der Waals surface area contributed by atoms with Gasteiger partial charge in [-0.3, -0.25) is 0 Å². The van der Waals surface area contributed by atoms with Gasteiger partial charge in [0.15, 0.2) is 0 Å². The first-order valence-electron chi connectivity index (χ1n) is 2.34. The maximum atomic E-state index is 8.00. The van der Waals surface area contributed by atoms with Gasteiger partial charge in [0, 0.05) is 12.4 Å². The summed E-state index contributed by atoms with van der Waals surface area (Å²) in [6, 6.07) is 0. The molecule has 3 heteroatoms. The van der Waals surface area contributed by atoms with Gasteiger partial charge in [0.1, 0.15) is 0 Å². The third-order valence-corrected chi connectivity index (χ3v) is 0.939. The largest absolute Gasteiger partial charge is 0.317 e. The summed E-state index contributed by atoms with van der Waals surface area (Å²) < 4.78 is 0. The van der Waals surface area contributed by atoms with Crippen molar-refractivity contribution in [2.45, 2.75) is 12.8 Å². The lowest BCUT2D eigenvalue weighted by Gasteiger charge is -1.91. The van der Waals surface area contributed by atoms with Crippen LogP contribution >= 0.6 is 11.6 Å². The summed E-state index contributed by atoms with van der Waals surface area (Å²) in [7, 11) is 0. The van der Waals surface area contributed by atoms with Crippen molar-refractivity contribution >= 4 is 11.6 Å². The Labute approximate surface area is 48.4 Å². The zero-order valence-electron chi connectivity index (χ0n) is 4.15. The molecule has 0 heterocycles. The van der Waals surface area contributed by atoms with E-state index in [-0.39, 0.29) is 0 Å². The van der Waals surface area contributed by atoms with Crippen LogP contribution in [-0.4, -0.2) is 17.6 Å². The van der Waals surface area contributed by atoms with Crippen molar-refractivity contribution in [1.29, 1.82) is 0 Å². The number of hydroxylamine groups is 1. The van der Waals surface area contributed by atoms with Crippen molar-refractivity contribution in [3.8, 4) is 0 Å². The van der Waals surface area contributed by atoms with Crippen molar-refractivity contribution in [2.75, 3.05) is 12.4 Å². The molecule has 0 aromatic carbocycles. The van der Waals surface area contributed by atoms with E-state index >= 15 is 0 Å². The second-order valence-electron chi connectivity index (χ2n) is 1.30. The summed E-state index contributed by atoms with van der Waals surface area (Å²) in [5.74, 6) is 0.682. The van der Waals surface area contributed by atoms with Crippen LogP contribution in [0.1, 0.15) is 12.8 Å². The van der Waals surface area contributed by atoms with Crippen LogP contribution in [0.25, 0.3) is 0 Å². The maximum Gasteiger partial charge on any atom is 0.0223 e. The summed E-state index contributed by atoms with van der Waals surface area (Å²) in [4.78, 5) is 0. The van der Waals surface area contributed by atoms with Gasteiger partial charge in [0.05, 0.1) is 0 Å². The first-order chi connectivity index (χ1) is 3.41. The molecule has 0 aliphatic rings. The van der Waals surface area contributed by atoms with Crippen LogP contribution in [0, 0.1) is 0 Å². The van der Waals surface area contributed by atoms with Gasteiger partial charge in [-0.2, -0.15) is 0 Å². The van der Waals surface area contributed by atoms with Gasteiger partial charge < -0.3 is 5.21 Å². The summed E-state index contributed by atoms with van der Waals surface area (Å²) >= 11 is 5.33. The molecule has 0 atom stereocenters. The van der Waals surface area contributed by atoms with Gasteiger partial charge in [-0.05, 0) is 12.8 Å². The Kier molecular flexibility index (Phi) is 6.40. The fourth-order valence-electron chi connectivity index (χ4n) is 0.299. The molecule has 0 amide bonds. The Bertz CT molecular complexity index is 30.9. The summed E-state index contributed by atoms with van der Waals surface area (Å²) in [6.07, 6.45) is 1.91. The average molecular weight is 124 g/mol. The van der Waals surface area contributed by atoms with Crippen molar-refractivity contribution in [2.24, 2.45) is 0 Å². The Morgan fingerprint density at radius 1 is 1.43 bits per heavy atom. The molecule has 0 saturated carbocycles. The van der Waals surface area contributed by atoms with E-state index in [9.17, 15) is 0 Å². The predicted octanol–water partition coefficient (Wildman–Crippen LogP) is 0.984. The minimum Gasteiger partial charge on any atom is -0.317 e. The molecule has 0 bridgehead atoms. The van der Waals surface area contributed by atoms with Gasteiger partial charge >= 0.3 is 0 Å². The fraction of sp³-hybridized carbons (Fsp3) is 1.00. The highest BCUT2D eigenvalue weighted by Crippen LogP contribution is 1.87. The second-order valence-corrected chi connectivity index (χ2v) is 1.68. The van der Waals surface area contributed by atoms with E-state index in [2.05, 4.69) is 0 Å². The summed E-state index contributed by atoms with van der Waals surface area (Å²) in [5.41, 5.74) is 2.04. The van der Waals surface area contributed by atoms with Crippen LogP contribution in [0.5, 0.6) is 0 Å². The summed E-state index contributed by atoms with van der Waals surface area (Å²) in [6.45, 7) is 0.646. The van der Waals surface area contributed by atoms with Gasteiger partial charge in [-0.15, -0.1) is 11.6 Å². The number of unbranched alkanes of at least 4 members (excludes halogenated alkanes) is 1. The lowest BCUT2D eigenvalue weighted by Crippen LogP contribution is -2.08. The number of alkyl halides is 1. The molecule has 2 nitrogen and oxygen atoms in total. The highest BCUT2D eigenvalue weighted by atomic mass is 35.5. The molecule has 0 aromatic heterocycles. The van der Waals surface area contributed by atoms with Crippen molar-refractivity contribution in [3.05, 3.63) is 0 Å². The average Bonchev–Trinajstić information content (AvgIpc) is 1.69. The minimum absolute atomic E-state index is 0.646. The lowest BCUT2D eigenvalue weighted by molar-refractivity contribution is 0.165. The van der Waals surface area contributed by atoms with Gasteiger partial charge in [-0.25, -0.2) is 5.48 Å². The highest BCUT2D eigenvalue weighted by Gasteiger charge is 1.81. The molecule has 0 aliphatic heterocycles. The number of hydrogen-bond acceptors (Lipinski definition) is 2. The standard InChI is InChI=1S/C4H10ClNO/c5-3-1-2-4-6-7/h6-7H,1-4H2. The Morgan fingerprint density at radius 3 is 2.57 bits per heavy atom. The first-order valence-corrected chi connectivity index (χ1v) is 2.88. The van der Waals surface area contributed by atoms with E-state index in [0.29, 0.717) is 12.4 Å². The molecule has 0 unspecified atom stereocenters. The van der Waals surface area contributed by atoms with E-state index in [1.165, 1.54) is 0 Å². The van der Waals surface area contributed by atoms with E-state index in [0.717, 1.165) is 12.8 Å². The molecule has 44 valence electrons. The topological polar surface area (TPSA) is 32.3 Å². The molecule has 0 saturated heterocycles. The van der Waals surface area contributed by atoms with Crippen molar-refractivity contribution in [1.82, 2.24) is 5.48 Å². The van der Waals surface area contributed by atoms with Crippen LogP contribution in [0.3, 0.4) is 0 Å². The Morgan fingerprint density at radius 2 is 2.14 bits per heavy atom. The zero-order valence-corrected chi connectivity index (χ0v) is 4.91. The monoisotopic (exact) mass is 123 g/mol. The Hall–Kier alpha value is 0.210. The SMILES string of the molecule is ONCCCCCl. The van der Waals surface area contributed by atoms with Crippen LogP contribution in [0.15, 0.2) is 0 Å². The van der Waals surface area contributed by atoms with Crippen molar-refractivity contribution < 1.29 is 5.21 Å². The van der Waals surface area contributed by atoms with Crippen LogP contribution < -0.4 is 5.48 Å². The predicted molar refractivity (Wildman–Crippen MR) is 29.7 cm³/mol. The molecule has 0 fully saturated rings. The van der Waals surface area contributed by atoms with Crippen LogP contribution in [-0.2, 0) is 0 Å². The number of halogens is 1. The number of hydrogen-bond donors (Lipinski definition) is 2. The molecule has 0 spiro atoms. The van der Waals surface area contributed by atoms with Crippen LogP contribution in [0.2, 0.25) is 0 Å². The normalized spacial score (nSPS) is 9.43. The molecule has 0 radical (unpaired) electrons. The quantitative estimate of drug-likeness (QED) is 0.332. The van der Waals surface area contributed by atoms with Crippen molar-refractivity contribution in [3.63, 3.8) is 0 Å². The fourth-order valence-corrected chi connectivity index (χ4v) is 0.488. The molecule has 0 aromatic rings. The maximum absolute atomic E-state index is 8.00. The highest BCUT2D eigenvalue weighted by molar-refractivity contribution is 6.17. The lowest BCUT2D eigenvalue weighted by atomic mass is 10.3. The van der Waals surface area contributed by atoms with E-state index in [4.69, 9.17) is 16.8 Å². The second kappa shape index (κ2) is 6.21. The molecule has 0 aliphatic carbocycles. The van der Waals surface area contributed by atoms with Gasteiger partial charge in [0.25, 0.3) is 0 Å². The van der Waals surface area contributed by atoms with E-state index in [1.54, 1.807) is 0 Å². The zero-order chi connectivity index (χ0) is 5.54. The van der Waals surface area contributed by atoms with Crippen LogP contribution in [0.4, 0.5) is 0 Å². The third-order valence-electron chi connectivity index (χ3n) is 0.672. The number of rotatable bonds is 4. The molecular weight excluding hydrogens is 114 g/mol. The minimum atomic E-state index is 0.646. The smallest absolute Gasteiger partial charge is 0.0223 e. The third kappa shape index (κ3) is 6.21. The molecule has 7 heavy (non-hydrogen) atoms. The van der Waals surface area contributed by atoms with Gasteiger partial charge in [0.2, 0.25) is 0 Å². The molecular formula is C4H10ClNO. The van der Waals surface area contributed by atoms with E-state index < -0.39 is 0 Å². The molecule has 0 rings (SSSR count). The Balaban J connectivity index is 2.45. The van der Waals surface area contributed by atoms with E-state index in [1.807, 2.05) is 5.48 Å².